The van der Waals surface area contributed by atoms with E-state index in [0.29, 0.717) is 12.1 Å². The standard InChI is InChI=1S/C21H28N2O2/c1-2-5-19(24)22-17-6-3-4-7-18(17)23-20(25)21-11-14-8-15(12-21)10-16(9-14)13-21/h3-4,6-7,14-16H,2,5,8-13H2,1H3,(H,22,24)(H,23,25). The molecule has 0 unspecified atom stereocenters. The zero-order valence-corrected chi connectivity index (χ0v) is 15.0. The second-order valence-electron chi connectivity index (χ2n) is 8.50. The van der Waals surface area contributed by atoms with Gasteiger partial charge in [0.2, 0.25) is 11.8 Å². The van der Waals surface area contributed by atoms with E-state index in [9.17, 15) is 9.59 Å². The summed E-state index contributed by atoms with van der Waals surface area (Å²) >= 11 is 0. The van der Waals surface area contributed by atoms with Gasteiger partial charge in [0.1, 0.15) is 0 Å². The summed E-state index contributed by atoms with van der Waals surface area (Å²) in [6.45, 7) is 1.99. The van der Waals surface area contributed by atoms with E-state index in [1.165, 1.54) is 19.3 Å². The highest BCUT2D eigenvalue weighted by molar-refractivity contribution is 6.01. The summed E-state index contributed by atoms with van der Waals surface area (Å²) in [6.07, 6.45) is 8.45. The van der Waals surface area contributed by atoms with Crippen molar-refractivity contribution in [1.82, 2.24) is 0 Å². The van der Waals surface area contributed by atoms with Crippen molar-refractivity contribution in [2.75, 3.05) is 10.6 Å². The third-order valence-electron chi connectivity index (χ3n) is 6.45. The molecule has 2 amide bonds. The Balaban J connectivity index is 1.51. The normalized spacial score (nSPS) is 32.4. The van der Waals surface area contributed by atoms with Crippen molar-refractivity contribution >= 4 is 23.2 Å². The highest BCUT2D eigenvalue weighted by Gasteiger charge is 2.54. The van der Waals surface area contributed by atoms with Crippen LogP contribution in [0.15, 0.2) is 24.3 Å². The lowest BCUT2D eigenvalue weighted by Crippen LogP contribution is -2.51. The van der Waals surface area contributed by atoms with Gasteiger partial charge in [-0.25, -0.2) is 0 Å². The summed E-state index contributed by atoms with van der Waals surface area (Å²) in [5, 5.41) is 6.10. The Labute approximate surface area is 149 Å². The lowest BCUT2D eigenvalue weighted by atomic mass is 9.49. The van der Waals surface area contributed by atoms with Crippen molar-refractivity contribution in [1.29, 1.82) is 0 Å². The first-order valence-electron chi connectivity index (χ1n) is 9.78. The minimum absolute atomic E-state index is 0.000923. The van der Waals surface area contributed by atoms with Crippen molar-refractivity contribution in [3.63, 3.8) is 0 Å². The van der Waals surface area contributed by atoms with Crippen LogP contribution in [0.5, 0.6) is 0 Å². The third-order valence-corrected chi connectivity index (χ3v) is 6.45. The van der Waals surface area contributed by atoms with Gasteiger partial charge in [-0.05, 0) is 74.8 Å². The number of anilines is 2. The highest BCUT2D eigenvalue weighted by Crippen LogP contribution is 2.60. The van der Waals surface area contributed by atoms with Crippen LogP contribution in [0.4, 0.5) is 11.4 Å². The molecule has 0 saturated heterocycles. The Morgan fingerprint density at radius 1 is 0.960 bits per heavy atom. The molecule has 4 bridgehead atoms. The fraction of sp³-hybridized carbons (Fsp3) is 0.619. The van der Waals surface area contributed by atoms with Gasteiger partial charge in [0.15, 0.2) is 0 Å². The zero-order valence-electron chi connectivity index (χ0n) is 15.0. The summed E-state index contributed by atoms with van der Waals surface area (Å²) in [5.74, 6) is 2.41. The van der Waals surface area contributed by atoms with Crippen molar-refractivity contribution in [3.8, 4) is 0 Å². The summed E-state index contributed by atoms with van der Waals surface area (Å²) in [4.78, 5) is 25.2. The maximum atomic E-state index is 13.2. The number of benzene rings is 1. The first kappa shape index (κ1) is 16.6. The van der Waals surface area contributed by atoms with Crippen LogP contribution in [-0.4, -0.2) is 11.8 Å². The molecule has 0 heterocycles. The van der Waals surface area contributed by atoms with E-state index >= 15 is 0 Å². The molecule has 4 heteroatoms. The minimum Gasteiger partial charge on any atom is -0.324 e. The summed E-state index contributed by atoms with van der Waals surface area (Å²) in [7, 11) is 0. The number of para-hydroxylation sites is 2. The highest BCUT2D eigenvalue weighted by atomic mass is 16.2. The van der Waals surface area contributed by atoms with Gasteiger partial charge in [0.05, 0.1) is 16.8 Å². The van der Waals surface area contributed by atoms with Crippen LogP contribution in [0.2, 0.25) is 0 Å². The van der Waals surface area contributed by atoms with Crippen LogP contribution in [-0.2, 0) is 9.59 Å². The SMILES string of the molecule is CCCC(=O)Nc1ccccc1NC(=O)C12CC3CC(CC(C3)C1)C2. The molecular weight excluding hydrogens is 312 g/mol. The minimum atomic E-state index is -0.171. The largest absolute Gasteiger partial charge is 0.324 e. The van der Waals surface area contributed by atoms with E-state index in [4.69, 9.17) is 0 Å². The topological polar surface area (TPSA) is 58.2 Å². The van der Waals surface area contributed by atoms with E-state index in [1.54, 1.807) is 0 Å². The molecule has 1 aromatic carbocycles. The molecule has 134 valence electrons. The van der Waals surface area contributed by atoms with Crippen molar-refractivity contribution in [2.24, 2.45) is 23.2 Å². The van der Waals surface area contributed by atoms with E-state index in [-0.39, 0.29) is 17.2 Å². The number of carbonyl (C=O) groups excluding carboxylic acids is 2. The molecule has 4 aliphatic carbocycles. The first-order valence-corrected chi connectivity index (χ1v) is 9.78. The molecule has 4 fully saturated rings. The Bertz CT molecular complexity index is 647. The molecule has 0 spiro atoms. The lowest BCUT2D eigenvalue weighted by Gasteiger charge is -2.55. The van der Waals surface area contributed by atoms with E-state index in [1.807, 2.05) is 31.2 Å². The van der Waals surface area contributed by atoms with Crippen LogP contribution < -0.4 is 10.6 Å². The van der Waals surface area contributed by atoms with Gasteiger partial charge in [-0.3, -0.25) is 9.59 Å². The van der Waals surface area contributed by atoms with Gasteiger partial charge in [0, 0.05) is 6.42 Å². The number of hydrogen-bond donors (Lipinski definition) is 2. The monoisotopic (exact) mass is 340 g/mol. The molecule has 1 aromatic rings. The molecule has 0 aromatic heterocycles. The number of carbonyl (C=O) groups is 2. The summed E-state index contributed by atoms with van der Waals surface area (Å²) in [5.41, 5.74) is 1.27. The predicted octanol–water partition coefficient (Wildman–Crippen LogP) is 4.58. The molecule has 4 aliphatic rings. The molecule has 25 heavy (non-hydrogen) atoms. The molecule has 0 radical (unpaired) electrons. The first-order chi connectivity index (χ1) is 12.1. The van der Waals surface area contributed by atoms with Gasteiger partial charge >= 0.3 is 0 Å². The second kappa shape index (κ2) is 6.47. The Morgan fingerprint density at radius 2 is 1.48 bits per heavy atom. The molecule has 5 rings (SSSR count). The molecule has 4 nitrogen and oxygen atoms in total. The predicted molar refractivity (Wildman–Crippen MR) is 99.2 cm³/mol. The fourth-order valence-corrected chi connectivity index (χ4v) is 5.78. The van der Waals surface area contributed by atoms with Crippen molar-refractivity contribution in [2.45, 2.75) is 58.3 Å². The Kier molecular flexibility index (Phi) is 4.30. The van der Waals surface area contributed by atoms with Gasteiger partial charge in [-0.1, -0.05) is 19.1 Å². The van der Waals surface area contributed by atoms with Gasteiger partial charge in [0.25, 0.3) is 0 Å². The van der Waals surface area contributed by atoms with Gasteiger partial charge in [-0.2, -0.15) is 0 Å². The average Bonchev–Trinajstić information content (AvgIpc) is 2.55. The molecular formula is C21H28N2O2. The number of nitrogens with one attached hydrogen (secondary N) is 2. The second-order valence-corrected chi connectivity index (χ2v) is 8.50. The molecule has 2 N–H and O–H groups in total. The smallest absolute Gasteiger partial charge is 0.230 e. The summed E-state index contributed by atoms with van der Waals surface area (Å²) in [6, 6.07) is 7.55. The summed E-state index contributed by atoms with van der Waals surface area (Å²) < 4.78 is 0. The molecule has 0 atom stereocenters. The number of amides is 2. The third kappa shape index (κ3) is 3.19. The van der Waals surface area contributed by atoms with E-state index < -0.39 is 0 Å². The van der Waals surface area contributed by atoms with Crippen LogP contribution >= 0.6 is 0 Å². The Morgan fingerprint density at radius 3 is 2.00 bits per heavy atom. The Hall–Kier alpha value is -1.84. The van der Waals surface area contributed by atoms with Crippen LogP contribution in [0.25, 0.3) is 0 Å². The average molecular weight is 340 g/mol. The maximum Gasteiger partial charge on any atom is 0.230 e. The van der Waals surface area contributed by atoms with Crippen molar-refractivity contribution < 1.29 is 9.59 Å². The van der Waals surface area contributed by atoms with Crippen LogP contribution in [0, 0.1) is 23.2 Å². The number of rotatable bonds is 5. The van der Waals surface area contributed by atoms with E-state index in [2.05, 4.69) is 10.6 Å². The van der Waals surface area contributed by atoms with E-state index in [0.717, 1.165) is 49.1 Å². The number of hydrogen-bond acceptors (Lipinski definition) is 2. The maximum absolute atomic E-state index is 13.2. The zero-order chi connectivity index (χ0) is 17.4. The molecule has 4 saturated carbocycles. The lowest BCUT2D eigenvalue weighted by molar-refractivity contribution is -0.140. The van der Waals surface area contributed by atoms with Crippen LogP contribution in [0.1, 0.15) is 58.3 Å². The van der Waals surface area contributed by atoms with Crippen molar-refractivity contribution in [3.05, 3.63) is 24.3 Å². The molecule has 0 aliphatic heterocycles. The quantitative estimate of drug-likeness (QED) is 0.824. The van der Waals surface area contributed by atoms with Gasteiger partial charge < -0.3 is 10.6 Å². The van der Waals surface area contributed by atoms with Crippen LogP contribution in [0.3, 0.4) is 0 Å². The van der Waals surface area contributed by atoms with Gasteiger partial charge in [-0.15, -0.1) is 0 Å². The fourth-order valence-electron chi connectivity index (χ4n) is 5.78.